The van der Waals surface area contributed by atoms with Crippen LogP contribution in [0.2, 0.25) is 0 Å². The molecule has 2 aromatic heterocycles. The van der Waals surface area contributed by atoms with Crippen LogP contribution in [-0.2, 0) is 4.74 Å². The average Bonchev–Trinajstić information content (AvgIpc) is 3.03. The Kier molecular flexibility index (Phi) is 4.76. The van der Waals surface area contributed by atoms with Crippen molar-refractivity contribution >= 4 is 39.2 Å². The molecule has 0 fully saturated rings. The Morgan fingerprint density at radius 1 is 1.20 bits per heavy atom. The molecule has 0 aliphatic carbocycles. The van der Waals surface area contributed by atoms with Crippen LogP contribution in [-0.4, -0.2) is 28.5 Å². The fourth-order valence-corrected chi connectivity index (χ4v) is 3.09. The molecule has 0 spiro atoms. The van der Waals surface area contributed by atoms with Crippen LogP contribution >= 0.6 is 11.3 Å². The zero-order valence-electron chi connectivity index (χ0n) is 14.1. The van der Waals surface area contributed by atoms with Gasteiger partial charge in [-0.3, -0.25) is 15.1 Å². The lowest BCUT2D eigenvalue weighted by Gasteiger charge is -2.07. The first-order valence-electron chi connectivity index (χ1n) is 7.80. The number of fused-ring (bicyclic) bond motifs is 1. The van der Waals surface area contributed by atoms with Crippen LogP contribution in [0.5, 0.6) is 0 Å². The molecule has 0 aliphatic rings. The molecule has 128 valence electrons. The number of benzene rings is 1. The minimum Gasteiger partial charge on any atom is -0.461 e. The predicted molar refractivity (Wildman–Crippen MR) is 97.2 cm³/mol. The van der Waals surface area contributed by atoms with E-state index < -0.39 is 5.97 Å². The first kappa shape index (κ1) is 17.0. The molecular weight excluding hydrogens is 338 g/mol. The van der Waals surface area contributed by atoms with E-state index in [1.165, 1.54) is 11.3 Å². The molecule has 0 unspecified atom stereocenters. The van der Waals surface area contributed by atoms with E-state index in [2.05, 4.69) is 15.3 Å². The van der Waals surface area contributed by atoms with E-state index in [0.29, 0.717) is 16.4 Å². The third kappa shape index (κ3) is 3.66. The van der Waals surface area contributed by atoms with Crippen LogP contribution in [0.4, 0.5) is 5.13 Å². The number of esters is 1. The second-order valence-corrected chi connectivity index (χ2v) is 6.39. The fraction of sp³-hybridized carbons (Fsp3) is 0.222. The van der Waals surface area contributed by atoms with Gasteiger partial charge in [-0.1, -0.05) is 11.6 Å². The molecule has 0 bridgehead atoms. The highest BCUT2D eigenvalue weighted by molar-refractivity contribution is 7.14. The summed E-state index contributed by atoms with van der Waals surface area (Å²) in [6.07, 6.45) is 0. The highest BCUT2D eigenvalue weighted by Gasteiger charge is 2.16. The number of pyridine rings is 1. The molecule has 0 radical (unpaired) electrons. The first-order chi connectivity index (χ1) is 12.0. The van der Waals surface area contributed by atoms with Crippen molar-refractivity contribution < 1.29 is 14.3 Å². The van der Waals surface area contributed by atoms with E-state index in [9.17, 15) is 9.59 Å². The number of carbonyl (C=O) groups excluding carboxylic acids is 2. The normalized spacial score (nSPS) is 10.7. The minimum absolute atomic E-state index is 0.186. The first-order valence-corrected chi connectivity index (χ1v) is 8.68. The SMILES string of the molecule is CCOC(=O)c1csc(NC(=O)c2cc3cc(C)ccc3nc2C)n1. The molecule has 0 atom stereocenters. The van der Waals surface area contributed by atoms with Gasteiger partial charge in [-0.25, -0.2) is 9.78 Å². The summed E-state index contributed by atoms with van der Waals surface area (Å²) in [7, 11) is 0. The molecule has 3 rings (SSSR count). The number of thiazole rings is 1. The van der Waals surface area contributed by atoms with Crippen molar-refractivity contribution in [2.24, 2.45) is 0 Å². The molecule has 0 aliphatic heterocycles. The molecule has 6 nitrogen and oxygen atoms in total. The smallest absolute Gasteiger partial charge is 0.357 e. The van der Waals surface area contributed by atoms with Crippen molar-refractivity contribution in [1.29, 1.82) is 0 Å². The number of amides is 1. The zero-order chi connectivity index (χ0) is 18.0. The summed E-state index contributed by atoms with van der Waals surface area (Å²) in [5.74, 6) is -0.809. The standard InChI is InChI=1S/C18H17N3O3S/c1-4-24-17(23)15-9-25-18(20-15)21-16(22)13-8-12-7-10(2)5-6-14(12)19-11(13)3/h5-9H,4H2,1-3H3,(H,20,21,22). The monoisotopic (exact) mass is 355 g/mol. The van der Waals surface area contributed by atoms with Crippen molar-refractivity contribution in [3.05, 3.63) is 52.2 Å². The Labute approximate surface area is 148 Å². The Hall–Kier alpha value is -2.80. The predicted octanol–water partition coefficient (Wildman–Crippen LogP) is 3.74. The number of ether oxygens (including phenoxy) is 1. The van der Waals surface area contributed by atoms with Crippen molar-refractivity contribution in [1.82, 2.24) is 9.97 Å². The van der Waals surface area contributed by atoms with Gasteiger partial charge in [0.15, 0.2) is 10.8 Å². The molecule has 1 aromatic carbocycles. The van der Waals surface area contributed by atoms with Gasteiger partial charge >= 0.3 is 5.97 Å². The molecule has 0 saturated carbocycles. The van der Waals surface area contributed by atoms with Gasteiger partial charge in [0, 0.05) is 10.8 Å². The van der Waals surface area contributed by atoms with Gasteiger partial charge in [-0.2, -0.15) is 0 Å². The summed E-state index contributed by atoms with van der Waals surface area (Å²) in [5, 5.41) is 5.52. The number of carbonyl (C=O) groups is 2. The number of anilines is 1. The number of nitrogens with one attached hydrogen (secondary N) is 1. The molecule has 3 aromatic rings. The van der Waals surface area contributed by atoms with Crippen LogP contribution in [0.15, 0.2) is 29.6 Å². The molecule has 1 N–H and O–H groups in total. The van der Waals surface area contributed by atoms with E-state index in [1.54, 1.807) is 19.2 Å². The number of nitrogens with zero attached hydrogens (tertiary/aromatic N) is 2. The summed E-state index contributed by atoms with van der Waals surface area (Å²) in [6, 6.07) is 7.73. The number of rotatable bonds is 4. The second kappa shape index (κ2) is 6.98. The van der Waals surface area contributed by atoms with Crippen molar-refractivity contribution in [3.63, 3.8) is 0 Å². The maximum Gasteiger partial charge on any atom is 0.357 e. The largest absolute Gasteiger partial charge is 0.461 e. The Bertz CT molecular complexity index is 965. The quantitative estimate of drug-likeness (QED) is 0.721. The lowest BCUT2D eigenvalue weighted by Crippen LogP contribution is -2.14. The van der Waals surface area contributed by atoms with Crippen LogP contribution in [0.25, 0.3) is 10.9 Å². The van der Waals surface area contributed by atoms with Gasteiger partial charge in [0.2, 0.25) is 0 Å². The van der Waals surface area contributed by atoms with E-state index in [0.717, 1.165) is 16.5 Å². The molecule has 25 heavy (non-hydrogen) atoms. The average molecular weight is 355 g/mol. The number of hydrogen-bond donors (Lipinski definition) is 1. The maximum atomic E-state index is 12.6. The third-order valence-electron chi connectivity index (χ3n) is 3.61. The lowest BCUT2D eigenvalue weighted by molar-refractivity contribution is 0.0520. The van der Waals surface area contributed by atoms with Gasteiger partial charge in [0.25, 0.3) is 5.91 Å². The topological polar surface area (TPSA) is 81.2 Å². The molecule has 0 saturated heterocycles. The highest BCUT2D eigenvalue weighted by Crippen LogP contribution is 2.21. The Morgan fingerprint density at radius 3 is 2.76 bits per heavy atom. The van der Waals surface area contributed by atoms with Crippen LogP contribution in [0, 0.1) is 13.8 Å². The molecule has 7 heteroatoms. The van der Waals surface area contributed by atoms with Crippen LogP contribution < -0.4 is 5.32 Å². The second-order valence-electron chi connectivity index (χ2n) is 5.53. The van der Waals surface area contributed by atoms with E-state index in [4.69, 9.17) is 4.74 Å². The van der Waals surface area contributed by atoms with Crippen molar-refractivity contribution in [3.8, 4) is 0 Å². The fourth-order valence-electron chi connectivity index (χ4n) is 2.42. The van der Waals surface area contributed by atoms with Gasteiger partial charge in [-0.05, 0) is 39.0 Å². The van der Waals surface area contributed by atoms with Gasteiger partial charge < -0.3 is 4.74 Å². The van der Waals surface area contributed by atoms with Gasteiger partial charge in [0.1, 0.15) is 0 Å². The summed E-state index contributed by atoms with van der Waals surface area (Å²) < 4.78 is 4.89. The molecular formula is C18H17N3O3S. The molecule has 2 heterocycles. The Morgan fingerprint density at radius 2 is 2.00 bits per heavy atom. The number of aromatic nitrogens is 2. The number of aryl methyl sites for hydroxylation is 2. The third-order valence-corrected chi connectivity index (χ3v) is 4.37. The van der Waals surface area contributed by atoms with Crippen molar-refractivity contribution in [2.75, 3.05) is 11.9 Å². The summed E-state index contributed by atoms with van der Waals surface area (Å²) in [4.78, 5) is 32.8. The molecule has 1 amide bonds. The van der Waals surface area contributed by atoms with Gasteiger partial charge in [0.05, 0.1) is 23.4 Å². The van der Waals surface area contributed by atoms with Gasteiger partial charge in [-0.15, -0.1) is 11.3 Å². The van der Waals surface area contributed by atoms with E-state index in [-0.39, 0.29) is 18.2 Å². The van der Waals surface area contributed by atoms with Crippen LogP contribution in [0.1, 0.15) is 39.0 Å². The zero-order valence-corrected chi connectivity index (χ0v) is 14.9. The summed E-state index contributed by atoms with van der Waals surface area (Å²) in [6.45, 7) is 5.79. The summed E-state index contributed by atoms with van der Waals surface area (Å²) in [5.41, 5.74) is 3.25. The van der Waals surface area contributed by atoms with Crippen LogP contribution in [0.3, 0.4) is 0 Å². The number of hydrogen-bond acceptors (Lipinski definition) is 6. The summed E-state index contributed by atoms with van der Waals surface area (Å²) >= 11 is 1.17. The van der Waals surface area contributed by atoms with E-state index in [1.807, 2.05) is 31.2 Å². The highest BCUT2D eigenvalue weighted by atomic mass is 32.1. The lowest BCUT2D eigenvalue weighted by atomic mass is 10.1. The Balaban J connectivity index is 1.85. The van der Waals surface area contributed by atoms with Crippen molar-refractivity contribution in [2.45, 2.75) is 20.8 Å². The minimum atomic E-state index is -0.502. The maximum absolute atomic E-state index is 12.6. The van der Waals surface area contributed by atoms with E-state index >= 15 is 0 Å².